The second kappa shape index (κ2) is 4.85. The number of hydrogen-bond acceptors (Lipinski definition) is 3. The lowest BCUT2D eigenvalue weighted by molar-refractivity contribution is 0.292. The molecule has 0 bridgehead atoms. The Labute approximate surface area is 72.5 Å². The highest BCUT2D eigenvalue weighted by Crippen LogP contribution is 2.03. The average Bonchev–Trinajstić information content (AvgIpc) is 2.09. The van der Waals surface area contributed by atoms with Crippen LogP contribution in [0.25, 0.3) is 0 Å². The van der Waals surface area contributed by atoms with Crippen LogP contribution in [0.4, 0.5) is 0 Å². The molecule has 0 atom stereocenters. The minimum Gasteiger partial charge on any atom is -0.395 e. The largest absolute Gasteiger partial charge is 0.395 e. The maximum Gasteiger partial charge on any atom is 0.0556 e. The van der Waals surface area contributed by atoms with Crippen LogP contribution in [0.5, 0.6) is 0 Å². The minimum absolute atomic E-state index is 0.180. The zero-order valence-electron chi connectivity index (χ0n) is 7.25. The highest BCUT2D eigenvalue weighted by atomic mass is 16.3. The molecule has 0 radical (unpaired) electrons. The fourth-order valence-electron chi connectivity index (χ4n) is 0.984. The Balaban J connectivity index is 2.46. The number of aliphatic hydroxyl groups excluding tert-OH is 1. The maximum atomic E-state index is 8.54. The maximum absolute atomic E-state index is 8.54. The Bertz CT molecular complexity index is 238. The second-order valence-corrected chi connectivity index (χ2v) is 2.70. The molecule has 0 saturated heterocycles. The number of nitrogens with one attached hydrogen (secondary N) is 1. The third-order valence-corrected chi connectivity index (χ3v) is 1.75. The van der Waals surface area contributed by atoms with E-state index in [0.29, 0.717) is 6.54 Å². The van der Waals surface area contributed by atoms with E-state index in [1.165, 1.54) is 11.1 Å². The summed E-state index contributed by atoms with van der Waals surface area (Å²) in [5, 5.41) is 11.6. The van der Waals surface area contributed by atoms with Crippen molar-refractivity contribution in [3.05, 3.63) is 29.6 Å². The number of nitrogens with zero attached hydrogens (tertiary/aromatic N) is 1. The molecule has 1 rings (SSSR count). The van der Waals surface area contributed by atoms with Crippen LogP contribution in [-0.4, -0.2) is 23.2 Å². The van der Waals surface area contributed by atoms with Crippen molar-refractivity contribution in [1.29, 1.82) is 0 Å². The van der Waals surface area contributed by atoms with E-state index >= 15 is 0 Å². The zero-order chi connectivity index (χ0) is 8.81. The smallest absolute Gasteiger partial charge is 0.0556 e. The number of rotatable bonds is 4. The van der Waals surface area contributed by atoms with Gasteiger partial charge >= 0.3 is 0 Å². The van der Waals surface area contributed by atoms with Gasteiger partial charge in [0.1, 0.15) is 0 Å². The monoisotopic (exact) mass is 166 g/mol. The Morgan fingerprint density at radius 2 is 2.42 bits per heavy atom. The fourth-order valence-corrected chi connectivity index (χ4v) is 0.984. The van der Waals surface area contributed by atoms with Crippen molar-refractivity contribution >= 4 is 0 Å². The molecule has 0 aromatic carbocycles. The molecule has 0 saturated carbocycles. The van der Waals surface area contributed by atoms with Crippen LogP contribution in [0.3, 0.4) is 0 Å². The van der Waals surface area contributed by atoms with Gasteiger partial charge in [-0.05, 0) is 24.1 Å². The van der Waals surface area contributed by atoms with Crippen LogP contribution >= 0.6 is 0 Å². The number of hydrogen-bond donors (Lipinski definition) is 2. The molecule has 2 N–H and O–H groups in total. The van der Waals surface area contributed by atoms with Crippen LogP contribution in [0.15, 0.2) is 18.5 Å². The normalized spacial score (nSPS) is 10.2. The minimum atomic E-state index is 0.180. The molecular formula is C9H14N2O. The fraction of sp³-hybridized carbons (Fsp3) is 0.444. The summed E-state index contributed by atoms with van der Waals surface area (Å²) in [4.78, 5) is 4.02. The Morgan fingerprint density at radius 1 is 1.58 bits per heavy atom. The quantitative estimate of drug-likeness (QED) is 0.639. The molecule has 0 aliphatic carbocycles. The van der Waals surface area contributed by atoms with Gasteiger partial charge in [-0.25, -0.2) is 0 Å². The summed E-state index contributed by atoms with van der Waals surface area (Å²) in [6, 6.07) is 1.98. The summed E-state index contributed by atoms with van der Waals surface area (Å²) >= 11 is 0. The number of aliphatic hydroxyl groups is 1. The van der Waals surface area contributed by atoms with Crippen LogP contribution in [0.1, 0.15) is 11.1 Å². The first-order valence-electron chi connectivity index (χ1n) is 4.05. The molecule has 0 unspecified atom stereocenters. The lowest BCUT2D eigenvalue weighted by Gasteiger charge is -2.04. The molecular weight excluding hydrogens is 152 g/mol. The molecule has 3 heteroatoms. The molecule has 1 aromatic rings. The van der Waals surface area contributed by atoms with Gasteiger partial charge in [0, 0.05) is 25.5 Å². The predicted octanol–water partition coefficient (Wildman–Crippen LogP) is 0.472. The molecule has 1 aromatic heterocycles. The van der Waals surface area contributed by atoms with Crippen LogP contribution in [0, 0.1) is 6.92 Å². The van der Waals surface area contributed by atoms with Crippen molar-refractivity contribution in [2.24, 2.45) is 0 Å². The summed E-state index contributed by atoms with van der Waals surface area (Å²) < 4.78 is 0. The van der Waals surface area contributed by atoms with Crippen molar-refractivity contribution < 1.29 is 5.11 Å². The summed E-state index contributed by atoms with van der Waals surface area (Å²) in [6.45, 7) is 3.64. The summed E-state index contributed by atoms with van der Waals surface area (Å²) in [5.74, 6) is 0. The molecule has 0 spiro atoms. The van der Waals surface area contributed by atoms with Crippen LogP contribution < -0.4 is 5.32 Å². The van der Waals surface area contributed by atoms with Gasteiger partial charge in [-0.3, -0.25) is 4.98 Å². The molecule has 3 nitrogen and oxygen atoms in total. The van der Waals surface area contributed by atoms with E-state index in [1.807, 2.05) is 12.3 Å². The van der Waals surface area contributed by atoms with Crippen molar-refractivity contribution in [2.75, 3.05) is 13.2 Å². The first-order chi connectivity index (χ1) is 5.84. The highest BCUT2D eigenvalue weighted by Gasteiger charge is 1.95. The van der Waals surface area contributed by atoms with E-state index in [0.717, 1.165) is 6.54 Å². The van der Waals surface area contributed by atoms with Gasteiger partial charge in [-0.1, -0.05) is 0 Å². The first kappa shape index (κ1) is 9.16. The lowest BCUT2D eigenvalue weighted by Crippen LogP contribution is -2.18. The number of pyridine rings is 1. The number of aryl methyl sites for hydroxylation is 1. The van der Waals surface area contributed by atoms with Gasteiger partial charge in [0.05, 0.1) is 6.61 Å². The van der Waals surface area contributed by atoms with E-state index in [1.54, 1.807) is 6.20 Å². The summed E-state index contributed by atoms with van der Waals surface area (Å²) in [5.41, 5.74) is 2.42. The summed E-state index contributed by atoms with van der Waals surface area (Å²) in [6.07, 6.45) is 3.63. The van der Waals surface area contributed by atoms with Crippen molar-refractivity contribution in [2.45, 2.75) is 13.5 Å². The Morgan fingerprint density at radius 3 is 3.08 bits per heavy atom. The highest BCUT2D eigenvalue weighted by molar-refractivity contribution is 5.20. The van der Waals surface area contributed by atoms with E-state index in [4.69, 9.17) is 5.11 Å². The summed E-state index contributed by atoms with van der Waals surface area (Å²) in [7, 11) is 0. The molecule has 66 valence electrons. The second-order valence-electron chi connectivity index (χ2n) is 2.70. The van der Waals surface area contributed by atoms with Gasteiger partial charge < -0.3 is 10.4 Å². The number of aromatic nitrogens is 1. The molecule has 0 fully saturated rings. The lowest BCUT2D eigenvalue weighted by atomic mass is 10.2. The predicted molar refractivity (Wildman–Crippen MR) is 47.8 cm³/mol. The third-order valence-electron chi connectivity index (χ3n) is 1.75. The topological polar surface area (TPSA) is 45.2 Å². The Hall–Kier alpha value is -0.930. The molecule has 0 aliphatic heterocycles. The van der Waals surface area contributed by atoms with Gasteiger partial charge in [0.25, 0.3) is 0 Å². The van der Waals surface area contributed by atoms with E-state index in [9.17, 15) is 0 Å². The first-order valence-corrected chi connectivity index (χ1v) is 4.05. The van der Waals surface area contributed by atoms with Gasteiger partial charge in [0.2, 0.25) is 0 Å². The van der Waals surface area contributed by atoms with E-state index in [-0.39, 0.29) is 6.61 Å². The van der Waals surface area contributed by atoms with Crippen molar-refractivity contribution in [1.82, 2.24) is 10.3 Å². The van der Waals surface area contributed by atoms with Gasteiger partial charge in [-0.2, -0.15) is 0 Å². The zero-order valence-corrected chi connectivity index (χ0v) is 7.25. The SMILES string of the molecule is Cc1ccncc1CNCCO. The molecule has 1 heterocycles. The standard InChI is InChI=1S/C9H14N2O/c1-8-2-3-10-6-9(8)7-11-4-5-12/h2-3,6,11-12H,4-5,7H2,1H3. The average molecular weight is 166 g/mol. The van der Waals surface area contributed by atoms with Crippen molar-refractivity contribution in [3.63, 3.8) is 0 Å². The molecule has 12 heavy (non-hydrogen) atoms. The van der Waals surface area contributed by atoms with Crippen molar-refractivity contribution in [3.8, 4) is 0 Å². The van der Waals surface area contributed by atoms with E-state index in [2.05, 4.69) is 17.2 Å². The van der Waals surface area contributed by atoms with Crippen LogP contribution in [-0.2, 0) is 6.54 Å². The van der Waals surface area contributed by atoms with Gasteiger partial charge in [0.15, 0.2) is 0 Å². The Kier molecular flexibility index (Phi) is 3.70. The van der Waals surface area contributed by atoms with Crippen LogP contribution in [0.2, 0.25) is 0 Å². The van der Waals surface area contributed by atoms with E-state index < -0.39 is 0 Å². The third kappa shape index (κ3) is 2.60. The van der Waals surface area contributed by atoms with Gasteiger partial charge in [-0.15, -0.1) is 0 Å². The molecule has 0 amide bonds. The molecule has 0 aliphatic rings.